The Balaban J connectivity index is 1.95. The van der Waals surface area contributed by atoms with Crippen molar-refractivity contribution in [2.24, 2.45) is 0 Å². The highest BCUT2D eigenvalue weighted by molar-refractivity contribution is 7.89. The van der Waals surface area contributed by atoms with E-state index in [2.05, 4.69) is 0 Å². The van der Waals surface area contributed by atoms with Gasteiger partial charge in [-0.05, 0) is 31.0 Å². The topological polar surface area (TPSA) is 83.9 Å². The van der Waals surface area contributed by atoms with Crippen molar-refractivity contribution in [2.75, 3.05) is 13.1 Å². The lowest BCUT2D eigenvalue weighted by Crippen LogP contribution is -2.45. The SMILES string of the molecule is O=C(O)c1cc(S(=O)(=O)N2CC3CCC(C2)O3)ccc1F. The van der Waals surface area contributed by atoms with E-state index in [0.717, 1.165) is 31.0 Å². The number of halogens is 1. The zero-order chi connectivity index (χ0) is 15.2. The Labute approximate surface area is 121 Å². The number of carbonyl (C=O) groups is 1. The number of fused-ring (bicyclic) bond motifs is 2. The largest absolute Gasteiger partial charge is 0.478 e. The van der Waals surface area contributed by atoms with E-state index in [1.165, 1.54) is 4.31 Å². The number of carboxylic acid groups (broad SMARTS) is 1. The second-order valence-electron chi connectivity index (χ2n) is 5.23. The molecule has 21 heavy (non-hydrogen) atoms. The molecule has 0 aromatic heterocycles. The van der Waals surface area contributed by atoms with E-state index in [9.17, 15) is 17.6 Å². The number of benzene rings is 1. The van der Waals surface area contributed by atoms with E-state index in [1.54, 1.807) is 0 Å². The maximum absolute atomic E-state index is 13.4. The van der Waals surface area contributed by atoms with Crippen LogP contribution in [0.25, 0.3) is 0 Å². The third kappa shape index (κ3) is 2.54. The summed E-state index contributed by atoms with van der Waals surface area (Å²) >= 11 is 0. The number of nitrogens with zero attached hydrogens (tertiary/aromatic N) is 1. The van der Waals surface area contributed by atoms with E-state index in [1.807, 2.05) is 0 Å². The molecular formula is C13H14FNO5S. The van der Waals surface area contributed by atoms with Crippen LogP contribution in [0.15, 0.2) is 23.1 Å². The van der Waals surface area contributed by atoms with Crippen LogP contribution in [0.3, 0.4) is 0 Å². The molecule has 1 N–H and O–H groups in total. The average molecular weight is 315 g/mol. The number of ether oxygens (including phenoxy) is 1. The van der Waals surface area contributed by atoms with Crippen LogP contribution in [0.2, 0.25) is 0 Å². The summed E-state index contributed by atoms with van der Waals surface area (Å²) in [6.07, 6.45) is 1.41. The first kappa shape index (κ1) is 14.4. The van der Waals surface area contributed by atoms with Crippen LogP contribution in [0, 0.1) is 5.82 Å². The van der Waals surface area contributed by atoms with E-state index in [4.69, 9.17) is 9.84 Å². The highest BCUT2D eigenvalue weighted by Crippen LogP contribution is 2.30. The van der Waals surface area contributed by atoms with Crippen molar-refractivity contribution in [3.05, 3.63) is 29.6 Å². The Bertz CT molecular complexity index is 678. The van der Waals surface area contributed by atoms with Gasteiger partial charge in [0.15, 0.2) is 0 Å². The number of sulfonamides is 1. The Morgan fingerprint density at radius 3 is 2.48 bits per heavy atom. The molecule has 2 fully saturated rings. The fourth-order valence-corrected chi connectivity index (χ4v) is 4.28. The van der Waals surface area contributed by atoms with Crippen LogP contribution < -0.4 is 0 Å². The van der Waals surface area contributed by atoms with Crippen molar-refractivity contribution in [2.45, 2.75) is 29.9 Å². The summed E-state index contributed by atoms with van der Waals surface area (Å²) < 4.78 is 45.3. The van der Waals surface area contributed by atoms with Crippen LogP contribution in [0.5, 0.6) is 0 Å². The molecule has 0 spiro atoms. The molecule has 1 aromatic carbocycles. The molecular weight excluding hydrogens is 301 g/mol. The average Bonchev–Trinajstić information content (AvgIpc) is 2.77. The number of carboxylic acids is 1. The molecule has 0 amide bonds. The fourth-order valence-electron chi connectivity index (χ4n) is 2.75. The predicted molar refractivity (Wildman–Crippen MR) is 70.0 cm³/mol. The molecule has 2 bridgehead atoms. The van der Waals surface area contributed by atoms with Gasteiger partial charge in [0, 0.05) is 13.1 Å². The molecule has 0 saturated carbocycles. The van der Waals surface area contributed by atoms with Gasteiger partial charge in [-0.15, -0.1) is 0 Å². The fraction of sp³-hybridized carbons (Fsp3) is 0.462. The van der Waals surface area contributed by atoms with Crippen molar-refractivity contribution >= 4 is 16.0 Å². The van der Waals surface area contributed by atoms with Gasteiger partial charge in [0.1, 0.15) is 5.82 Å². The summed E-state index contributed by atoms with van der Waals surface area (Å²) in [6, 6.07) is 2.82. The number of aromatic carboxylic acids is 1. The summed E-state index contributed by atoms with van der Waals surface area (Å²) in [5.74, 6) is -2.45. The van der Waals surface area contributed by atoms with Gasteiger partial charge in [0.05, 0.1) is 22.7 Å². The van der Waals surface area contributed by atoms with Crippen molar-refractivity contribution in [3.63, 3.8) is 0 Å². The third-order valence-corrected chi connectivity index (χ3v) is 5.64. The van der Waals surface area contributed by atoms with Crippen LogP contribution in [0.1, 0.15) is 23.2 Å². The molecule has 1 aromatic rings. The van der Waals surface area contributed by atoms with Crippen LogP contribution in [-0.4, -0.2) is 49.1 Å². The van der Waals surface area contributed by atoms with Gasteiger partial charge in [-0.3, -0.25) is 0 Å². The lowest BCUT2D eigenvalue weighted by atomic mass is 10.2. The molecule has 0 radical (unpaired) electrons. The maximum atomic E-state index is 13.4. The summed E-state index contributed by atoms with van der Waals surface area (Å²) in [6.45, 7) is 0.497. The summed E-state index contributed by atoms with van der Waals surface area (Å²) in [4.78, 5) is 10.7. The van der Waals surface area contributed by atoms with Crippen molar-refractivity contribution < 1.29 is 27.4 Å². The molecule has 2 aliphatic heterocycles. The highest BCUT2D eigenvalue weighted by atomic mass is 32.2. The molecule has 2 saturated heterocycles. The van der Waals surface area contributed by atoms with Gasteiger partial charge < -0.3 is 9.84 Å². The molecule has 3 rings (SSSR count). The second kappa shape index (κ2) is 5.04. The zero-order valence-electron chi connectivity index (χ0n) is 11.0. The number of morpholine rings is 1. The van der Waals surface area contributed by atoms with Gasteiger partial charge in [-0.1, -0.05) is 0 Å². The molecule has 2 aliphatic rings. The second-order valence-corrected chi connectivity index (χ2v) is 7.16. The molecule has 0 aliphatic carbocycles. The number of rotatable bonds is 3. The van der Waals surface area contributed by atoms with Gasteiger partial charge in [-0.2, -0.15) is 4.31 Å². The Hall–Kier alpha value is -1.51. The Morgan fingerprint density at radius 1 is 1.29 bits per heavy atom. The quantitative estimate of drug-likeness (QED) is 0.902. The molecule has 2 atom stereocenters. The summed E-state index contributed by atoms with van der Waals surface area (Å²) in [5.41, 5.74) is -0.646. The summed E-state index contributed by atoms with van der Waals surface area (Å²) in [7, 11) is -3.84. The highest BCUT2D eigenvalue weighted by Gasteiger charge is 2.39. The first-order valence-corrected chi connectivity index (χ1v) is 8.00. The van der Waals surface area contributed by atoms with Crippen molar-refractivity contribution in [3.8, 4) is 0 Å². The van der Waals surface area contributed by atoms with Gasteiger partial charge >= 0.3 is 5.97 Å². The molecule has 6 nitrogen and oxygen atoms in total. The monoisotopic (exact) mass is 315 g/mol. The lowest BCUT2D eigenvalue weighted by molar-refractivity contribution is -0.0114. The molecule has 2 unspecified atom stereocenters. The minimum absolute atomic E-state index is 0.113. The zero-order valence-corrected chi connectivity index (χ0v) is 11.8. The van der Waals surface area contributed by atoms with Crippen molar-refractivity contribution in [1.29, 1.82) is 0 Å². The minimum atomic E-state index is -3.84. The van der Waals surface area contributed by atoms with E-state index in [-0.39, 0.29) is 30.2 Å². The maximum Gasteiger partial charge on any atom is 0.338 e. The minimum Gasteiger partial charge on any atom is -0.478 e. The van der Waals surface area contributed by atoms with E-state index in [0.29, 0.717) is 0 Å². The predicted octanol–water partition coefficient (Wildman–Crippen LogP) is 1.08. The number of hydrogen-bond acceptors (Lipinski definition) is 4. The molecule has 114 valence electrons. The Morgan fingerprint density at radius 2 is 1.90 bits per heavy atom. The van der Waals surface area contributed by atoms with Crippen LogP contribution >= 0.6 is 0 Å². The first-order chi connectivity index (χ1) is 9.88. The third-order valence-electron chi connectivity index (χ3n) is 3.82. The van der Waals surface area contributed by atoms with E-state index >= 15 is 0 Å². The van der Waals surface area contributed by atoms with Crippen LogP contribution in [0.4, 0.5) is 4.39 Å². The van der Waals surface area contributed by atoms with Gasteiger partial charge in [0.25, 0.3) is 0 Å². The number of hydrogen-bond donors (Lipinski definition) is 1. The van der Waals surface area contributed by atoms with Crippen LogP contribution in [-0.2, 0) is 14.8 Å². The lowest BCUT2D eigenvalue weighted by Gasteiger charge is -2.31. The van der Waals surface area contributed by atoms with Gasteiger partial charge in [-0.25, -0.2) is 17.6 Å². The van der Waals surface area contributed by atoms with E-state index < -0.39 is 27.4 Å². The molecule has 8 heteroatoms. The normalized spacial score (nSPS) is 26.0. The first-order valence-electron chi connectivity index (χ1n) is 6.56. The summed E-state index contributed by atoms with van der Waals surface area (Å²) in [5, 5.41) is 8.89. The molecule has 2 heterocycles. The standard InChI is InChI=1S/C13H14FNO5S/c14-12-4-3-10(5-11(12)13(16)17)21(18,19)15-6-8-1-2-9(7-15)20-8/h3-5,8-9H,1-2,6-7H2,(H,16,17). The van der Waals surface area contributed by atoms with Gasteiger partial charge in [0.2, 0.25) is 10.0 Å². The Kier molecular flexibility index (Phi) is 3.46. The smallest absolute Gasteiger partial charge is 0.338 e. The van der Waals surface area contributed by atoms with Crippen molar-refractivity contribution in [1.82, 2.24) is 4.31 Å².